The molecule has 0 aromatic heterocycles. The molecule has 0 unspecified atom stereocenters. The van der Waals surface area contributed by atoms with Gasteiger partial charge in [-0.15, -0.1) is 0 Å². The third-order valence-electron chi connectivity index (χ3n) is 4.31. The van der Waals surface area contributed by atoms with E-state index in [1.54, 1.807) is 42.5 Å². The van der Waals surface area contributed by atoms with Crippen LogP contribution in [0.5, 0.6) is 0 Å². The molecule has 2 amide bonds. The van der Waals surface area contributed by atoms with Crippen molar-refractivity contribution in [2.75, 3.05) is 5.32 Å². The van der Waals surface area contributed by atoms with Gasteiger partial charge in [-0.05, 0) is 58.8 Å². The molecule has 0 fully saturated rings. The number of hydrogen-bond acceptors (Lipinski definition) is 4. The molecule has 0 aliphatic carbocycles. The number of hydrogen-bond donors (Lipinski definition) is 2. The highest BCUT2D eigenvalue weighted by atomic mass is 79.9. The molecule has 2 N–H and O–H groups in total. The Morgan fingerprint density at radius 3 is 2.39 bits per heavy atom. The van der Waals surface area contributed by atoms with Crippen molar-refractivity contribution in [2.45, 2.75) is 6.92 Å². The summed E-state index contributed by atoms with van der Waals surface area (Å²) in [5.41, 5.74) is 2.15. The van der Waals surface area contributed by atoms with Crippen LogP contribution in [0.25, 0.3) is 6.08 Å². The number of benzene rings is 3. The van der Waals surface area contributed by atoms with Crippen LogP contribution in [0.2, 0.25) is 0 Å². The molecule has 0 aliphatic rings. The minimum atomic E-state index is -0.559. The number of non-ortho nitro benzene ring substituents is 1. The average Bonchev–Trinajstić information content (AvgIpc) is 2.75. The number of aryl methyl sites for hydroxylation is 1. The Kier molecular flexibility index (Phi) is 6.94. The molecule has 0 saturated carbocycles. The number of nitrogens with zero attached hydrogens (tertiary/aromatic N) is 1. The Morgan fingerprint density at radius 1 is 1.00 bits per heavy atom. The zero-order chi connectivity index (χ0) is 22.4. The maximum absolute atomic E-state index is 12.9. The van der Waals surface area contributed by atoms with E-state index in [0.29, 0.717) is 21.3 Å². The summed E-state index contributed by atoms with van der Waals surface area (Å²) in [7, 11) is 0. The zero-order valence-electron chi connectivity index (χ0n) is 16.5. The lowest BCUT2D eigenvalue weighted by molar-refractivity contribution is -0.384. The summed E-state index contributed by atoms with van der Waals surface area (Å²) >= 11 is 3.32. The molecule has 0 saturated heterocycles. The van der Waals surface area contributed by atoms with Crippen molar-refractivity contribution in [3.05, 3.63) is 110 Å². The molecule has 3 aromatic rings. The predicted molar refractivity (Wildman–Crippen MR) is 122 cm³/mol. The molecule has 0 atom stereocenters. The van der Waals surface area contributed by atoms with E-state index in [2.05, 4.69) is 26.6 Å². The van der Waals surface area contributed by atoms with Crippen LogP contribution in [-0.2, 0) is 4.79 Å². The Bertz CT molecular complexity index is 1170. The van der Waals surface area contributed by atoms with Crippen molar-refractivity contribution < 1.29 is 14.5 Å². The van der Waals surface area contributed by atoms with Crippen LogP contribution in [0.4, 0.5) is 11.4 Å². The molecular weight excluding hydrogens is 462 g/mol. The Labute approximate surface area is 187 Å². The van der Waals surface area contributed by atoms with Crippen LogP contribution < -0.4 is 10.6 Å². The van der Waals surface area contributed by atoms with Crippen LogP contribution in [0.15, 0.2) is 83.0 Å². The minimum Gasteiger partial charge on any atom is -0.321 e. The van der Waals surface area contributed by atoms with Crippen molar-refractivity contribution in [3.63, 3.8) is 0 Å². The van der Waals surface area contributed by atoms with Crippen LogP contribution in [0, 0.1) is 17.0 Å². The van der Waals surface area contributed by atoms with Crippen molar-refractivity contribution in [1.29, 1.82) is 0 Å². The Morgan fingerprint density at radius 2 is 1.71 bits per heavy atom. The summed E-state index contributed by atoms with van der Waals surface area (Å²) in [5, 5.41) is 16.4. The second kappa shape index (κ2) is 9.82. The first-order valence-corrected chi connectivity index (χ1v) is 10.0. The number of nitro groups is 1. The van der Waals surface area contributed by atoms with Crippen LogP contribution in [0.1, 0.15) is 21.5 Å². The average molecular weight is 480 g/mol. The van der Waals surface area contributed by atoms with E-state index in [9.17, 15) is 19.7 Å². The largest absolute Gasteiger partial charge is 0.321 e. The van der Waals surface area contributed by atoms with Gasteiger partial charge in [0, 0.05) is 22.3 Å². The highest BCUT2D eigenvalue weighted by Gasteiger charge is 2.17. The van der Waals surface area contributed by atoms with E-state index in [-0.39, 0.29) is 11.4 Å². The van der Waals surface area contributed by atoms with Gasteiger partial charge >= 0.3 is 0 Å². The van der Waals surface area contributed by atoms with E-state index in [0.717, 1.165) is 5.56 Å². The van der Waals surface area contributed by atoms with E-state index in [1.165, 1.54) is 24.3 Å². The maximum atomic E-state index is 12.9. The first kappa shape index (κ1) is 21.9. The van der Waals surface area contributed by atoms with Gasteiger partial charge < -0.3 is 10.6 Å². The Balaban J connectivity index is 1.94. The number of carbonyl (C=O) groups excluding carboxylic acids is 2. The minimum absolute atomic E-state index is 0.0539. The summed E-state index contributed by atoms with van der Waals surface area (Å²) in [5.74, 6) is -1.06. The van der Waals surface area contributed by atoms with Gasteiger partial charge in [0.05, 0.1) is 10.5 Å². The van der Waals surface area contributed by atoms with Gasteiger partial charge in [-0.2, -0.15) is 0 Å². The van der Waals surface area contributed by atoms with Crippen molar-refractivity contribution in [3.8, 4) is 0 Å². The van der Waals surface area contributed by atoms with Gasteiger partial charge in [0.15, 0.2) is 0 Å². The number of anilines is 1. The second-order valence-corrected chi connectivity index (χ2v) is 7.52. The monoisotopic (exact) mass is 479 g/mol. The molecule has 156 valence electrons. The molecule has 0 spiro atoms. The second-order valence-electron chi connectivity index (χ2n) is 6.66. The molecule has 0 bridgehead atoms. The number of amides is 2. The first-order chi connectivity index (χ1) is 14.8. The highest BCUT2D eigenvalue weighted by molar-refractivity contribution is 9.10. The van der Waals surface area contributed by atoms with E-state index >= 15 is 0 Å². The van der Waals surface area contributed by atoms with Gasteiger partial charge in [0.2, 0.25) is 0 Å². The summed E-state index contributed by atoms with van der Waals surface area (Å²) in [4.78, 5) is 36.3. The summed E-state index contributed by atoms with van der Waals surface area (Å²) in [6.07, 6.45) is 1.39. The number of nitro benzene ring substituents is 1. The molecule has 3 aromatic carbocycles. The van der Waals surface area contributed by atoms with Gasteiger partial charge in [-0.3, -0.25) is 19.7 Å². The van der Waals surface area contributed by atoms with Crippen molar-refractivity contribution in [2.24, 2.45) is 0 Å². The summed E-state index contributed by atoms with van der Waals surface area (Å²) in [6.45, 7) is 1.93. The van der Waals surface area contributed by atoms with E-state index < -0.39 is 16.7 Å². The van der Waals surface area contributed by atoms with Gasteiger partial charge in [0.25, 0.3) is 17.5 Å². The molecule has 0 radical (unpaired) electrons. The third-order valence-corrected chi connectivity index (χ3v) is 5.00. The van der Waals surface area contributed by atoms with E-state index in [1.807, 2.05) is 19.1 Å². The van der Waals surface area contributed by atoms with Gasteiger partial charge in [-0.1, -0.05) is 42.0 Å². The molecule has 7 nitrogen and oxygen atoms in total. The fraction of sp³-hybridized carbons (Fsp3) is 0.0435. The van der Waals surface area contributed by atoms with Crippen LogP contribution >= 0.6 is 15.9 Å². The molecule has 3 rings (SSSR count). The zero-order valence-corrected chi connectivity index (χ0v) is 18.0. The lowest BCUT2D eigenvalue weighted by Gasteiger charge is -2.12. The number of halogens is 1. The number of carbonyl (C=O) groups is 2. The standard InChI is InChI=1S/C23H18BrN3O4/c1-15-9-11-17(12-10-15)25-23(29)21(14-16-5-4-6-18(13-16)27(30)31)26-22(28)19-7-2-3-8-20(19)24/h2-14H,1H3,(H,25,29)(H,26,28)/b21-14-. The topological polar surface area (TPSA) is 101 Å². The van der Waals surface area contributed by atoms with Gasteiger partial charge in [-0.25, -0.2) is 0 Å². The third kappa shape index (κ3) is 5.86. The van der Waals surface area contributed by atoms with Crippen LogP contribution in [0.3, 0.4) is 0 Å². The SMILES string of the molecule is Cc1ccc(NC(=O)/C(=C/c2cccc([N+](=O)[O-])c2)NC(=O)c2ccccc2Br)cc1. The quantitative estimate of drug-likeness (QED) is 0.292. The summed E-state index contributed by atoms with van der Waals surface area (Å²) in [6, 6.07) is 19.8. The molecule has 0 aliphatic heterocycles. The normalized spacial score (nSPS) is 11.0. The summed E-state index contributed by atoms with van der Waals surface area (Å²) < 4.78 is 0.571. The lowest BCUT2D eigenvalue weighted by atomic mass is 10.1. The smallest absolute Gasteiger partial charge is 0.272 e. The first-order valence-electron chi connectivity index (χ1n) is 9.23. The fourth-order valence-corrected chi connectivity index (χ4v) is 3.19. The highest BCUT2D eigenvalue weighted by Crippen LogP contribution is 2.19. The van der Waals surface area contributed by atoms with Crippen LogP contribution in [-0.4, -0.2) is 16.7 Å². The fourth-order valence-electron chi connectivity index (χ4n) is 2.72. The Hall–Kier alpha value is -3.78. The van der Waals surface area contributed by atoms with Crippen molar-refractivity contribution >= 4 is 45.2 Å². The number of nitrogens with one attached hydrogen (secondary N) is 2. The molecule has 0 heterocycles. The maximum Gasteiger partial charge on any atom is 0.272 e. The van der Waals surface area contributed by atoms with E-state index in [4.69, 9.17) is 0 Å². The predicted octanol–water partition coefficient (Wildman–Crippen LogP) is 5.08. The molecule has 31 heavy (non-hydrogen) atoms. The molecular formula is C23H18BrN3O4. The van der Waals surface area contributed by atoms with Crippen molar-refractivity contribution in [1.82, 2.24) is 5.32 Å². The molecule has 8 heteroatoms. The number of rotatable bonds is 6. The van der Waals surface area contributed by atoms with Gasteiger partial charge in [0.1, 0.15) is 5.70 Å². The lowest BCUT2D eigenvalue weighted by Crippen LogP contribution is -2.31.